The van der Waals surface area contributed by atoms with Gasteiger partial charge < -0.3 is 9.47 Å². The zero-order valence-corrected chi connectivity index (χ0v) is 15.7. The van der Waals surface area contributed by atoms with Crippen LogP contribution in [0.3, 0.4) is 0 Å². The summed E-state index contributed by atoms with van der Waals surface area (Å²) >= 11 is 1.49. The van der Waals surface area contributed by atoms with E-state index in [2.05, 4.69) is 6.92 Å². The molecule has 0 saturated carbocycles. The molecule has 1 heterocycles. The SMILES string of the molecule is CCCCCCCCCC(=O)O[C@H](CC(=O)OCC)c1cccs1. The normalized spacial score (nSPS) is 11.9. The van der Waals surface area contributed by atoms with Crippen LogP contribution in [-0.2, 0) is 19.1 Å². The summed E-state index contributed by atoms with van der Waals surface area (Å²) in [7, 11) is 0. The standard InChI is InChI=1S/C19H30O4S/c1-3-5-6-7-8-9-10-13-18(20)23-16(15-19(21)22-4-2)17-12-11-14-24-17/h11-12,14,16H,3-10,13,15H2,1-2H3/t16-/m1/s1. The van der Waals surface area contributed by atoms with Crippen molar-refractivity contribution >= 4 is 23.3 Å². The van der Waals surface area contributed by atoms with Gasteiger partial charge in [0.25, 0.3) is 0 Å². The highest BCUT2D eigenvalue weighted by Crippen LogP contribution is 2.27. The Kier molecular flexibility index (Phi) is 11.2. The Hall–Kier alpha value is -1.36. The molecule has 0 N–H and O–H groups in total. The summed E-state index contributed by atoms with van der Waals surface area (Å²) < 4.78 is 10.5. The van der Waals surface area contributed by atoms with E-state index in [1.807, 2.05) is 17.5 Å². The van der Waals surface area contributed by atoms with E-state index in [-0.39, 0.29) is 18.4 Å². The number of unbranched alkanes of at least 4 members (excludes halogenated alkanes) is 6. The number of carbonyl (C=O) groups excluding carboxylic acids is 2. The molecule has 1 rings (SSSR count). The van der Waals surface area contributed by atoms with Gasteiger partial charge >= 0.3 is 11.9 Å². The second-order valence-electron chi connectivity index (χ2n) is 5.87. The summed E-state index contributed by atoms with van der Waals surface area (Å²) in [6.45, 7) is 4.31. The molecule has 4 nitrogen and oxygen atoms in total. The first-order chi connectivity index (χ1) is 11.7. The van der Waals surface area contributed by atoms with Crippen LogP contribution in [-0.4, -0.2) is 18.5 Å². The molecule has 136 valence electrons. The number of esters is 2. The molecule has 1 aromatic rings. The second kappa shape index (κ2) is 13.0. The molecule has 0 saturated heterocycles. The van der Waals surface area contributed by atoms with E-state index in [1.54, 1.807) is 6.92 Å². The molecule has 0 aromatic carbocycles. The van der Waals surface area contributed by atoms with Crippen molar-refractivity contribution in [3.05, 3.63) is 22.4 Å². The van der Waals surface area contributed by atoms with Crippen LogP contribution in [0.15, 0.2) is 17.5 Å². The van der Waals surface area contributed by atoms with Gasteiger partial charge in [0.1, 0.15) is 6.10 Å². The van der Waals surface area contributed by atoms with Crippen LogP contribution in [0.2, 0.25) is 0 Å². The van der Waals surface area contributed by atoms with E-state index >= 15 is 0 Å². The maximum absolute atomic E-state index is 12.1. The molecular weight excluding hydrogens is 324 g/mol. The van der Waals surface area contributed by atoms with Crippen molar-refractivity contribution in [1.82, 2.24) is 0 Å². The Bertz CT molecular complexity index is 456. The van der Waals surface area contributed by atoms with Crippen LogP contribution in [0, 0.1) is 0 Å². The highest BCUT2D eigenvalue weighted by Gasteiger charge is 2.22. The summed E-state index contributed by atoms with van der Waals surface area (Å²) in [5.41, 5.74) is 0. The van der Waals surface area contributed by atoms with Gasteiger partial charge in [-0.05, 0) is 24.8 Å². The molecule has 1 atom stereocenters. The van der Waals surface area contributed by atoms with Gasteiger partial charge in [-0.15, -0.1) is 11.3 Å². The van der Waals surface area contributed by atoms with Gasteiger partial charge in [0, 0.05) is 11.3 Å². The maximum atomic E-state index is 12.1. The first-order valence-electron chi connectivity index (χ1n) is 9.05. The molecule has 24 heavy (non-hydrogen) atoms. The maximum Gasteiger partial charge on any atom is 0.309 e. The van der Waals surface area contributed by atoms with Crippen molar-refractivity contribution in [3.63, 3.8) is 0 Å². The van der Waals surface area contributed by atoms with Crippen molar-refractivity contribution in [2.24, 2.45) is 0 Å². The zero-order valence-electron chi connectivity index (χ0n) is 14.9. The van der Waals surface area contributed by atoms with Crippen molar-refractivity contribution in [1.29, 1.82) is 0 Å². The molecule has 0 aliphatic carbocycles. The topological polar surface area (TPSA) is 52.6 Å². The molecule has 0 aliphatic heterocycles. The third-order valence-corrected chi connectivity index (χ3v) is 4.74. The van der Waals surface area contributed by atoms with E-state index < -0.39 is 6.10 Å². The van der Waals surface area contributed by atoms with Crippen LogP contribution in [0.25, 0.3) is 0 Å². The van der Waals surface area contributed by atoms with Crippen molar-refractivity contribution in [2.75, 3.05) is 6.61 Å². The first-order valence-corrected chi connectivity index (χ1v) is 9.93. The molecule has 0 amide bonds. The summed E-state index contributed by atoms with van der Waals surface area (Å²) in [6.07, 6.45) is 8.10. The fourth-order valence-corrected chi connectivity index (χ4v) is 3.24. The van der Waals surface area contributed by atoms with Crippen molar-refractivity contribution in [2.45, 2.75) is 77.7 Å². The minimum atomic E-state index is -0.527. The molecule has 0 spiro atoms. The number of hydrogen-bond donors (Lipinski definition) is 0. The van der Waals surface area contributed by atoms with Crippen LogP contribution in [0.1, 0.15) is 82.6 Å². The number of ether oxygens (including phenoxy) is 2. The van der Waals surface area contributed by atoms with Crippen molar-refractivity contribution in [3.8, 4) is 0 Å². The molecule has 0 bridgehead atoms. The highest BCUT2D eigenvalue weighted by molar-refractivity contribution is 7.10. The predicted octanol–water partition coefficient (Wildman–Crippen LogP) is 5.43. The molecule has 5 heteroatoms. The predicted molar refractivity (Wildman–Crippen MR) is 97.0 cm³/mol. The first kappa shape index (κ1) is 20.7. The number of thiophene rings is 1. The Morgan fingerprint density at radius 1 is 1.04 bits per heavy atom. The van der Waals surface area contributed by atoms with Gasteiger partial charge in [0.05, 0.1) is 13.0 Å². The quantitative estimate of drug-likeness (QED) is 0.350. The lowest BCUT2D eigenvalue weighted by molar-refractivity contribution is -0.155. The Morgan fingerprint density at radius 3 is 2.38 bits per heavy atom. The van der Waals surface area contributed by atoms with E-state index in [1.165, 1.54) is 43.4 Å². The third kappa shape index (κ3) is 9.06. The molecule has 0 radical (unpaired) electrons. The molecule has 0 aliphatic rings. The summed E-state index contributed by atoms with van der Waals surface area (Å²) in [5, 5.41) is 1.91. The number of hydrogen-bond acceptors (Lipinski definition) is 5. The zero-order chi connectivity index (χ0) is 17.6. The Balaban J connectivity index is 2.32. The molecular formula is C19H30O4S. The largest absolute Gasteiger partial charge is 0.466 e. The van der Waals surface area contributed by atoms with Gasteiger partial charge in [-0.25, -0.2) is 0 Å². The van der Waals surface area contributed by atoms with E-state index in [0.717, 1.165) is 17.7 Å². The lowest BCUT2D eigenvalue weighted by Crippen LogP contribution is -2.16. The summed E-state index contributed by atoms with van der Waals surface area (Å²) in [6, 6.07) is 3.78. The summed E-state index contributed by atoms with van der Waals surface area (Å²) in [5.74, 6) is -0.564. The van der Waals surface area contributed by atoms with Crippen LogP contribution in [0.5, 0.6) is 0 Å². The fraction of sp³-hybridized carbons (Fsp3) is 0.684. The van der Waals surface area contributed by atoms with Gasteiger partial charge in [-0.1, -0.05) is 51.5 Å². The molecule has 0 fully saturated rings. The van der Waals surface area contributed by atoms with Gasteiger partial charge in [0.15, 0.2) is 0 Å². The Morgan fingerprint density at radius 2 is 1.75 bits per heavy atom. The lowest BCUT2D eigenvalue weighted by Gasteiger charge is -2.16. The minimum absolute atomic E-state index is 0.0805. The smallest absolute Gasteiger partial charge is 0.309 e. The highest BCUT2D eigenvalue weighted by atomic mass is 32.1. The third-order valence-electron chi connectivity index (χ3n) is 3.78. The lowest BCUT2D eigenvalue weighted by atomic mass is 10.1. The molecule has 0 unspecified atom stereocenters. The second-order valence-corrected chi connectivity index (χ2v) is 6.85. The van der Waals surface area contributed by atoms with Crippen LogP contribution in [0.4, 0.5) is 0 Å². The minimum Gasteiger partial charge on any atom is -0.466 e. The number of carbonyl (C=O) groups is 2. The van der Waals surface area contributed by atoms with Gasteiger partial charge in [0.2, 0.25) is 0 Å². The van der Waals surface area contributed by atoms with Gasteiger partial charge in [-0.3, -0.25) is 9.59 Å². The van der Waals surface area contributed by atoms with E-state index in [9.17, 15) is 9.59 Å². The fourth-order valence-electron chi connectivity index (χ4n) is 2.49. The Labute approximate surface area is 149 Å². The van der Waals surface area contributed by atoms with Crippen LogP contribution >= 0.6 is 11.3 Å². The monoisotopic (exact) mass is 354 g/mol. The van der Waals surface area contributed by atoms with Crippen molar-refractivity contribution < 1.29 is 19.1 Å². The van der Waals surface area contributed by atoms with E-state index in [4.69, 9.17) is 9.47 Å². The average molecular weight is 355 g/mol. The van der Waals surface area contributed by atoms with Gasteiger partial charge in [-0.2, -0.15) is 0 Å². The summed E-state index contributed by atoms with van der Waals surface area (Å²) in [4.78, 5) is 24.6. The number of rotatable bonds is 13. The molecule has 1 aromatic heterocycles. The average Bonchev–Trinajstić information content (AvgIpc) is 3.08. The van der Waals surface area contributed by atoms with Crippen LogP contribution < -0.4 is 0 Å². The van der Waals surface area contributed by atoms with E-state index in [0.29, 0.717) is 13.0 Å².